The van der Waals surface area contributed by atoms with Gasteiger partial charge in [0.25, 0.3) is 0 Å². The van der Waals surface area contributed by atoms with Crippen molar-refractivity contribution in [3.63, 3.8) is 0 Å². The van der Waals surface area contributed by atoms with Gasteiger partial charge in [-0.3, -0.25) is 4.90 Å². The molecule has 0 saturated carbocycles. The lowest BCUT2D eigenvalue weighted by Gasteiger charge is -2.31. The minimum Gasteiger partial charge on any atom is -0.386 e. The fourth-order valence-corrected chi connectivity index (χ4v) is 4.45. The summed E-state index contributed by atoms with van der Waals surface area (Å²) in [7, 11) is 4.18. The van der Waals surface area contributed by atoms with Crippen molar-refractivity contribution in [2.45, 2.75) is 20.0 Å². The van der Waals surface area contributed by atoms with Crippen LogP contribution in [0.4, 0.5) is 5.69 Å². The lowest BCUT2D eigenvalue weighted by atomic mass is 10.1. The summed E-state index contributed by atoms with van der Waals surface area (Å²) in [4.78, 5) is 9.81. The Morgan fingerprint density at radius 2 is 2.00 bits per heavy atom. The maximum atomic E-state index is 4.92. The Kier molecular flexibility index (Phi) is 4.98. The van der Waals surface area contributed by atoms with Crippen LogP contribution in [-0.4, -0.2) is 59.6 Å². The second-order valence-corrected chi connectivity index (χ2v) is 7.89. The van der Waals surface area contributed by atoms with Gasteiger partial charge in [0, 0.05) is 68.8 Å². The Morgan fingerprint density at radius 1 is 1.19 bits per heavy atom. The average molecular weight is 370 g/mol. The molecule has 0 atom stereocenters. The Bertz CT molecular complexity index is 889. The molecule has 1 aromatic carbocycles. The Balaban J connectivity index is 1.57. The third-order valence-electron chi connectivity index (χ3n) is 5.27. The van der Waals surface area contributed by atoms with Gasteiger partial charge in [-0.25, -0.2) is 4.98 Å². The Labute approximate surface area is 159 Å². The molecule has 0 spiro atoms. The SMILES string of the molecule is CCn1cc(NC)c2cc(-c3nc(CN4CCN(C)CC4)cs3)ccc21. The summed E-state index contributed by atoms with van der Waals surface area (Å²) in [6, 6.07) is 6.69. The fraction of sp³-hybridized carbons (Fsp3) is 0.450. The van der Waals surface area contributed by atoms with Gasteiger partial charge in [-0.1, -0.05) is 0 Å². The standard InChI is InChI=1S/C20H27N5S/c1-4-25-13-18(21-2)17-11-15(5-6-19(17)25)20-22-16(14-26-20)12-24-9-7-23(3)8-10-24/h5-6,11,13-14,21H,4,7-10,12H2,1-3H3. The lowest BCUT2D eigenvalue weighted by Crippen LogP contribution is -2.43. The first kappa shape index (κ1) is 17.5. The Hall–Kier alpha value is -1.89. The second kappa shape index (κ2) is 7.39. The van der Waals surface area contributed by atoms with Crippen LogP contribution in [0.2, 0.25) is 0 Å². The van der Waals surface area contributed by atoms with Crippen LogP contribution in [0.25, 0.3) is 21.5 Å². The maximum absolute atomic E-state index is 4.92. The number of fused-ring (bicyclic) bond motifs is 1. The molecule has 4 rings (SSSR count). The van der Waals surface area contributed by atoms with E-state index in [1.165, 1.54) is 27.8 Å². The van der Waals surface area contributed by atoms with Crippen LogP contribution in [0.1, 0.15) is 12.6 Å². The normalized spacial score (nSPS) is 16.4. The van der Waals surface area contributed by atoms with E-state index in [1.54, 1.807) is 11.3 Å². The number of rotatable bonds is 5. The van der Waals surface area contributed by atoms with Crippen LogP contribution in [0.15, 0.2) is 29.8 Å². The van der Waals surface area contributed by atoms with Gasteiger partial charge in [0.2, 0.25) is 0 Å². The molecule has 0 radical (unpaired) electrons. The molecule has 5 nitrogen and oxygen atoms in total. The van der Waals surface area contributed by atoms with E-state index in [-0.39, 0.29) is 0 Å². The maximum Gasteiger partial charge on any atom is 0.123 e. The Morgan fingerprint density at radius 3 is 2.73 bits per heavy atom. The third kappa shape index (κ3) is 3.37. The van der Waals surface area contributed by atoms with Gasteiger partial charge in [0.15, 0.2) is 0 Å². The van der Waals surface area contributed by atoms with E-state index in [9.17, 15) is 0 Å². The number of hydrogen-bond acceptors (Lipinski definition) is 5. The van der Waals surface area contributed by atoms with Gasteiger partial charge in [0.05, 0.1) is 16.9 Å². The first-order chi connectivity index (χ1) is 12.7. The van der Waals surface area contributed by atoms with Gasteiger partial charge in [-0.05, 0) is 32.2 Å². The molecule has 3 heterocycles. The second-order valence-electron chi connectivity index (χ2n) is 7.03. The predicted octanol–water partition coefficient (Wildman–Crippen LogP) is 3.57. The number of aromatic nitrogens is 2. The first-order valence-electron chi connectivity index (χ1n) is 9.34. The highest BCUT2D eigenvalue weighted by molar-refractivity contribution is 7.13. The summed E-state index contributed by atoms with van der Waals surface area (Å²) in [5.41, 5.74) is 4.85. The molecule has 1 aliphatic rings. The highest BCUT2D eigenvalue weighted by Gasteiger charge is 2.16. The van der Waals surface area contributed by atoms with E-state index in [0.717, 1.165) is 44.3 Å². The first-order valence-corrected chi connectivity index (χ1v) is 10.2. The van der Waals surface area contributed by atoms with Crippen molar-refractivity contribution >= 4 is 27.9 Å². The van der Waals surface area contributed by atoms with Crippen molar-refractivity contribution in [1.29, 1.82) is 0 Å². The molecule has 6 heteroatoms. The zero-order chi connectivity index (χ0) is 18.1. The monoisotopic (exact) mass is 369 g/mol. The molecule has 3 aromatic rings. The molecule has 0 aliphatic carbocycles. The van der Waals surface area contributed by atoms with E-state index >= 15 is 0 Å². The van der Waals surface area contributed by atoms with Crippen molar-refractivity contribution in [1.82, 2.24) is 19.4 Å². The van der Waals surface area contributed by atoms with E-state index in [4.69, 9.17) is 4.98 Å². The van der Waals surface area contributed by atoms with Crippen molar-refractivity contribution < 1.29 is 0 Å². The largest absolute Gasteiger partial charge is 0.386 e. The molecular weight excluding hydrogens is 342 g/mol. The van der Waals surface area contributed by atoms with Gasteiger partial charge in [0.1, 0.15) is 5.01 Å². The number of anilines is 1. The molecule has 0 amide bonds. The molecule has 26 heavy (non-hydrogen) atoms. The average Bonchev–Trinajstić information content (AvgIpc) is 3.27. The van der Waals surface area contributed by atoms with E-state index in [0.29, 0.717) is 0 Å². The number of likely N-dealkylation sites (N-methyl/N-ethyl adjacent to an activating group) is 1. The predicted molar refractivity (Wildman–Crippen MR) is 111 cm³/mol. The van der Waals surface area contributed by atoms with Crippen LogP contribution in [-0.2, 0) is 13.1 Å². The van der Waals surface area contributed by atoms with Crippen molar-refractivity contribution in [3.8, 4) is 10.6 Å². The highest BCUT2D eigenvalue weighted by Crippen LogP contribution is 2.32. The minimum atomic E-state index is 0.959. The smallest absolute Gasteiger partial charge is 0.123 e. The summed E-state index contributed by atoms with van der Waals surface area (Å²) in [5.74, 6) is 0. The molecule has 1 saturated heterocycles. The van der Waals surface area contributed by atoms with Crippen LogP contribution in [0.5, 0.6) is 0 Å². The quantitative estimate of drug-likeness (QED) is 0.746. The third-order valence-corrected chi connectivity index (χ3v) is 6.21. The van der Waals surface area contributed by atoms with E-state index < -0.39 is 0 Å². The number of thiazole rings is 1. The molecule has 1 aliphatic heterocycles. The molecule has 2 aromatic heterocycles. The van der Waals surface area contributed by atoms with E-state index in [2.05, 4.69) is 63.4 Å². The molecule has 1 N–H and O–H groups in total. The van der Waals surface area contributed by atoms with Crippen LogP contribution in [0, 0.1) is 0 Å². The zero-order valence-corrected chi connectivity index (χ0v) is 16.6. The molecule has 138 valence electrons. The molecule has 1 fully saturated rings. The summed E-state index contributed by atoms with van der Waals surface area (Å²) in [6.45, 7) is 8.67. The van der Waals surface area contributed by atoms with Crippen molar-refractivity contribution in [2.24, 2.45) is 0 Å². The van der Waals surface area contributed by atoms with E-state index in [1.807, 2.05) is 7.05 Å². The fourth-order valence-electron chi connectivity index (χ4n) is 3.64. The van der Waals surface area contributed by atoms with Crippen molar-refractivity contribution in [3.05, 3.63) is 35.5 Å². The molecular formula is C20H27N5S. The highest BCUT2D eigenvalue weighted by atomic mass is 32.1. The van der Waals surface area contributed by atoms with Crippen LogP contribution in [0.3, 0.4) is 0 Å². The summed E-state index contributed by atoms with van der Waals surface area (Å²) in [6.07, 6.45) is 2.19. The zero-order valence-electron chi connectivity index (χ0n) is 15.8. The number of nitrogens with one attached hydrogen (secondary N) is 1. The number of aryl methyl sites for hydroxylation is 1. The summed E-state index contributed by atoms with van der Waals surface area (Å²) >= 11 is 1.75. The molecule has 0 bridgehead atoms. The number of nitrogens with zero attached hydrogens (tertiary/aromatic N) is 4. The van der Waals surface area contributed by atoms with Gasteiger partial charge in [-0.2, -0.15) is 0 Å². The van der Waals surface area contributed by atoms with Crippen molar-refractivity contribution in [2.75, 3.05) is 45.6 Å². The van der Waals surface area contributed by atoms with Gasteiger partial charge in [-0.15, -0.1) is 11.3 Å². The van der Waals surface area contributed by atoms with Gasteiger partial charge >= 0.3 is 0 Å². The van der Waals surface area contributed by atoms with Gasteiger partial charge < -0.3 is 14.8 Å². The number of benzene rings is 1. The topological polar surface area (TPSA) is 36.3 Å². The number of piperazine rings is 1. The lowest BCUT2D eigenvalue weighted by molar-refractivity contribution is 0.147. The minimum absolute atomic E-state index is 0.959. The summed E-state index contributed by atoms with van der Waals surface area (Å²) < 4.78 is 2.28. The van der Waals surface area contributed by atoms with Crippen LogP contribution >= 0.6 is 11.3 Å². The summed E-state index contributed by atoms with van der Waals surface area (Å²) in [5, 5.41) is 7.91. The van der Waals surface area contributed by atoms with Crippen LogP contribution < -0.4 is 5.32 Å². The number of hydrogen-bond donors (Lipinski definition) is 1. The molecule has 0 unspecified atom stereocenters.